The lowest BCUT2D eigenvalue weighted by atomic mass is 10.0. The van der Waals surface area contributed by atoms with Gasteiger partial charge in [-0.1, -0.05) is 13.3 Å². The molecule has 1 N–H and O–H groups in total. The van der Waals surface area contributed by atoms with Gasteiger partial charge in [-0.2, -0.15) is 0 Å². The second-order valence-electron chi connectivity index (χ2n) is 4.39. The molecule has 96 valence electrons. The van der Waals surface area contributed by atoms with Gasteiger partial charge in [-0.3, -0.25) is 4.79 Å². The molecule has 1 heterocycles. The average Bonchev–Trinajstić information content (AvgIpc) is 2.14. The lowest BCUT2D eigenvalue weighted by molar-refractivity contribution is 0.599. The number of hydrogen-bond donors (Lipinski definition) is 1. The van der Waals surface area contributed by atoms with Crippen LogP contribution in [0.2, 0.25) is 0 Å². The molecule has 0 amide bonds. The van der Waals surface area contributed by atoms with E-state index in [0.717, 1.165) is 36.8 Å². The topological polar surface area (TPSA) is 67.0 Å². The Morgan fingerprint density at radius 2 is 1.82 bits per heavy atom. The Bertz CT molecular complexity index is 570. The molecule has 0 aliphatic rings. The molecule has 1 aromatic heterocycles. The summed E-state index contributed by atoms with van der Waals surface area (Å²) in [7, 11) is -3.47. The van der Waals surface area contributed by atoms with Crippen LogP contribution in [0.15, 0.2) is 9.69 Å². The third kappa shape index (κ3) is 2.97. The molecule has 0 saturated carbocycles. The molecular weight excluding hydrogens is 238 g/mol. The fourth-order valence-electron chi connectivity index (χ4n) is 2.07. The first kappa shape index (κ1) is 14.0. The van der Waals surface area contributed by atoms with Crippen LogP contribution >= 0.6 is 0 Å². The maximum atomic E-state index is 11.7. The fourth-order valence-corrected chi connectivity index (χ4v) is 3.13. The zero-order valence-electron chi connectivity index (χ0n) is 10.8. The molecule has 0 spiro atoms. The molecule has 0 bridgehead atoms. The number of rotatable bonds is 4. The monoisotopic (exact) mass is 257 g/mol. The molecule has 0 atom stereocenters. The lowest BCUT2D eigenvalue weighted by Gasteiger charge is -2.12. The summed E-state index contributed by atoms with van der Waals surface area (Å²) in [5, 5.41) is 0. The number of sulfone groups is 1. The van der Waals surface area contributed by atoms with Crippen molar-refractivity contribution < 1.29 is 8.42 Å². The van der Waals surface area contributed by atoms with Crippen LogP contribution in [0.25, 0.3) is 0 Å². The van der Waals surface area contributed by atoms with Crippen LogP contribution in [0.5, 0.6) is 0 Å². The number of H-pyrrole nitrogens is 1. The van der Waals surface area contributed by atoms with Crippen molar-refractivity contribution in [3.8, 4) is 0 Å². The van der Waals surface area contributed by atoms with E-state index in [0.29, 0.717) is 5.56 Å². The second kappa shape index (κ2) is 5.04. The number of hydrogen-bond acceptors (Lipinski definition) is 3. The molecule has 1 rings (SSSR count). The Labute approximate surface area is 102 Å². The van der Waals surface area contributed by atoms with Crippen LogP contribution < -0.4 is 5.56 Å². The highest BCUT2D eigenvalue weighted by Crippen LogP contribution is 2.19. The second-order valence-corrected chi connectivity index (χ2v) is 6.34. The predicted molar refractivity (Wildman–Crippen MR) is 68.3 cm³/mol. The quantitative estimate of drug-likeness (QED) is 0.893. The van der Waals surface area contributed by atoms with Gasteiger partial charge >= 0.3 is 0 Å². The summed E-state index contributed by atoms with van der Waals surface area (Å²) in [5.41, 5.74) is 1.81. The molecule has 0 saturated heterocycles. The molecule has 0 aliphatic heterocycles. The predicted octanol–water partition coefficient (Wildman–Crippen LogP) is 1.74. The van der Waals surface area contributed by atoms with Crippen molar-refractivity contribution in [2.24, 2.45) is 0 Å². The molecule has 0 aliphatic carbocycles. The van der Waals surface area contributed by atoms with E-state index in [1.54, 1.807) is 6.92 Å². The van der Waals surface area contributed by atoms with Gasteiger partial charge in [0.2, 0.25) is 0 Å². The van der Waals surface area contributed by atoms with E-state index in [9.17, 15) is 13.2 Å². The average molecular weight is 257 g/mol. The summed E-state index contributed by atoms with van der Waals surface area (Å²) in [6, 6.07) is 0. The third-order valence-electron chi connectivity index (χ3n) is 2.90. The van der Waals surface area contributed by atoms with Gasteiger partial charge in [-0.25, -0.2) is 8.42 Å². The minimum absolute atomic E-state index is 0.0887. The van der Waals surface area contributed by atoms with Crippen LogP contribution in [0.1, 0.15) is 36.6 Å². The van der Waals surface area contributed by atoms with Crippen molar-refractivity contribution in [1.82, 2.24) is 4.98 Å². The highest BCUT2D eigenvalue weighted by molar-refractivity contribution is 7.90. The largest absolute Gasteiger partial charge is 0.325 e. The fraction of sp³-hybridized carbons (Fsp3) is 0.583. The Hall–Kier alpha value is -1.10. The Morgan fingerprint density at radius 3 is 2.29 bits per heavy atom. The standard InChI is InChI=1S/C12H19NO3S/c1-5-6-7-10-8(2)11(17(4,15)16)12(14)13-9(10)3/h5-7H2,1-4H3,(H,13,14). The normalized spacial score (nSPS) is 11.8. The molecule has 5 heteroatoms. The van der Waals surface area contributed by atoms with Crippen molar-refractivity contribution in [3.05, 3.63) is 27.2 Å². The van der Waals surface area contributed by atoms with Crippen molar-refractivity contribution in [1.29, 1.82) is 0 Å². The highest BCUT2D eigenvalue weighted by atomic mass is 32.2. The minimum Gasteiger partial charge on any atom is -0.325 e. The first-order valence-electron chi connectivity index (χ1n) is 5.71. The molecule has 17 heavy (non-hydrogen) atoms. The van der Waals surface area contributed by atoms with Gasteiger partial charge in [0.1, 0.15) is 4.90 Å². The summed E-state index contributed by atoms with van der Waals surface area (Å²) >= 11 is 0. The zero-order valence-corrected chi connectivity index (χ0v) is 11.6. The number of unbranched alkanes of at least 4 members (excludes halogenated alkanes) is 1. The minimum atomic E-state index is -3.47. The number of pyridine rings is 1. The van der Waals surface area contributed by atoms with Crippen molar-refractivity contribution in [3.63, 3.8) is 0 Å². The first-order valence-corrected chi connectivity index (χ1v) is 7.60. The molecule has 0 fully saturated rings. The molecule has 0 radical (unpaired) electrons. The van der Waals surface area contributed by atoms with E-state index in [1.165, 1.54) is 0 Å². The Morgan fingerprint density at radius 1 is 1.24 bits per heavy atom. The van der Waals surface area contributed by atoms with E-state index in [-0.39, 0.29) is 4.90 Å². The van der Waals surface area contributed by atoms with Crippen molar-refractivity contribution in [2.45, 2.75) is 44.9 Å². The van der Waals surface area contributed by atoms with E-state index < -0.39 is 15.4 Å². The van der Waals surface area contributed by atoms with Crippen molar-refractivity contribution >= 4 is 9.84 Å². The molecule has 0 unspecified atom stereocenters. The van der Waals surface area contributed by atoms with Gasteiger partial charge in [-0.05, 0) is 37.8 Å². The van der Waals surface area contributed by atoms with E-state index >= 15 is 0 Å². The van der Waals surface area contributed by atoms with E-state index in [4.69, 9.17) is 0 Å². The third-order valence-corrected chi connectivity index (χ3v) is 4.14. The first-order chi connectivity index (χ1) is 7.79. The van der Waals surface area contributed by atoms with Gasteiger partial charge in [0.15, 0.2) is 9.84 Å². The number of aromatic amines is 1. The maximum Gasteiger partial charge on any atom is 0.267 e. The Balaban J connectivity index is 3.49. The zero-order chi connectivity index (χ0) is 13.2. The molecule has 0 aromatic carbocycles. The summed E-state index contributed by atoms with van der Waals surface area (Å²) in [6.07, 6.45) is 3.89. The summed E-state index contributed by atoms with van der Waals surface area (Å²) in [4.78, 5) is 14.2. The number of nitrogens with one attached hydrogen (secondary N) is 1. The molecule has 1 aromatic rings. The summed E-state index contributed by atoms with van der Waals surface area (Å²) in [5.74, 6) is 0. The van der Waals surface area contributed by atoms with Crippen LogP contribution in [0.3, 0.4) is 0 Å². The summed E-state index contributed by atoms with van der Waals surface area (Å²) < 4.78 is 23.2. The van der Waals surface area contributed by atoms with E-state index in [1.807, 2.05) is 6.92 Å². The van der Waals surface area contributed by atoms with Gasteiger partial charge in [0.25, 0.3) is 5.56 Å². The Kier molecular flexibility index (Phi) is 4.14. The maximum absolute atomic E-state index is 11.7. The van der Waals surface area contributed by atoms with Gasteiger partial charge < -0.3 is 4.98 Å². The number of aryl methyl sites for hydroxylation is 1. The summed E-state index contributed by atoms with van der Waals surface area (Å²) in [6.45, 7) is 5.60. The van der Waals surface area contributed by atoms with Gasteiger partial charge in [0, 0.05) is 11.9 Å². The smallest absolute Gasteiger partial charge is 0.267 e. The SMILES string of the molecule is CCCCc1c(C)[nH]c(=O)c(S(C)(=O)=O)c1C. The van der Waals surface area contributed by atoms with E-state index in [2.05, 4.69) is 11.9 Å². The van der Waals surface area contributed by atoms with Crippen molar-refractivity contribution in [2.75, 3.05) is 6.26 Å². The van der Waals surface area contributed by atoms with Crippen LogP contribution in [0, 0.1) is 13.8 Å². The number of aromatic nitrogens is 1. The van der Waals surface area contributed by atoms with Crippen LogP contribution in [0.4, 0.5) is 0 Å². The van der Waals surface area contributed by atoms with Crippen LogP contribution in [-0.2, 0) is 16.3 Å². The molecular formula is C12H19NO3S. The van der Waals surface area contributed by atoms with Gasteiger partial charge in [0.05, 0.1) is 0 Å². The molecule has 4 nitrogen and oxygen atoms in total. The highest BCUT2D eigenvalue weighted by Gasteiger charge is 2.19. The van der Waals surface area contributed by atoms with Crippen LogP contribution in [-0.4, -0.2) is 19.7 Å². The van der Waals surface area contributed by atoms with Gasteiger partial charge in [-0.15, -0.1) is 0 Å². The lowest BCUT2D eigenvalue weighted by Crippen LogP contribution is -2.21.